The van der Waals surface area contributed by atoms with E-state index in [1.165, 1.54) is 0 Å². The van der Waals surface area contributed by atoms with Gasteiger partial charge in [0.2, 0.25) is 5.91 Å². The number of carbonyl (C=O) groups is 1. The maximum absolute atomic E-state index is 12.2. The molecule has 0 bridgehead atoms. The Morgan fingerprint density at radius 3 is 2.56 bits per heavy atom. The van der Waals surface area contributed by atoms with Gasteiger partial charge in [-0.15, -0.1) is 11.3 Å². The summed E-state index contributed by atoms with van der Waals surface area (Å²) in [4.78, 5) is 19.4. The largest absolute Gasteiger partial charge is 0.337 e. The van der Waals surface area contributed by atoms with E-state index in [-0.39, 0.29) is 11.9 Å². The lowest BCUT2D eigenvalue weighted by Crippen LogP contribution is -2.42. The zero-order chi connectivity index (χ0) is 13.9. The molecule has 5 heteroatoms. The van der Waals surface area contributed by atoms with Crippen LogP contribution in [0.2, 0.25) is 0 Å². The predicted molar refractivity (Wildman–Crippen MR) is 75.7 cm³/mol. The number of nitrogens with two attached hydrogens (primary N) is 1. The van der Waals surface area contributed by atoms with Gasteiger partial charge in [-0.25, -0.2) is 4.98 Å². The zero-order valence-electron chi connectivity index (χ0n) is 11.9. The summed E-state index contributed by atoms with van der Waals surface area (Å²) in [5, 5.41) is 1.04. The monoisotopic (exact) mass is 269 g/mol. The van der Waals surface area contributed by atoms with E-state index in [9.17, 15) is 4.79 Å². The Bertz CT molecular complexity index is 416. The molecule has 0 spiro atoms. The summed E-state index contributed by atoms with van der Waals surface area (Å²) in [5.41, 5.74) is 6.89. The number of aromatic nitrogens is 1. The van der Waals surface area contributed by atoms with Gasteiger partial charge in [0.1, 0.15) is 0 Å². The van der Waals surface area contributed by atoms with Gasteiger partial charge in [0, 0.05) is 11.9 Å². The fourth-order valence-corrected chi connectivity index (χ4v) is 3.02. The zero-order valence-corrected chi connectivity index (χ0v) is 12.7. The molecule has 102 valence electrons. The van der Waals surface area contributed by atoms with Crippen LogP contribution in [0.3, 0.4) is 0 Å². The summed E-state index contributed by atoms with van der Waals surface area (Å²) >= 11 is 1.65. The van der Waals surface area contributed by atoms with E-state index in [2.05, 4.69) is 4.98 Å². The number of carbonyl (C=O) groups excluding carboxylic acids is 1. The molecular formula is C13H23N3OS. The molecule has 0 saturated carbocycles. The molecule has 1 amide bonds. The Hall–Kier alpha value is -0.940. The first-order chi connectivity index (χ1) is 8.38. The lowest BCUT2D eigenvalue weighted by molar-refractivity contribution is -0.133. The molecule has 2 N–H and O–H groups in total. The summed E-state index contributed by atoms with van der Waals surface area (Å²) < 4.78 is 0. The van der Waals surface area contributed by atoms with Gasteiger partial charge >= 0.3 is 0 Å². The molecule has 0 aliphatic heterocycles. The molecule has 0 fully saturated rings. The van der Waals surface area contributed by atoms with E-state index in [1.807, 2.05) is 34.7 Å². The topological polar surface area (TPSA) is 59.2 Å². The molecule has 0 aliphatic rings. The predicted octanol–water partition coefficient (Wildman–Crippen LogP) is 2.41. The molecule has 0 saturated heterocycles. The van der Waals surface area contributed by atoms with Gasteiger partial charge in [-0.1, -0.05) is 13.3 Å². The number of likely N-dealkylation sites (N-methyl/N-ethyl adjacent to an activating group) is 1. The van der Waals surface area contributed by atoms with E-state index in [4.69, 9.17) is 5.73 Å². The van der Waals surface area contributed by atoms with Crippen molar-refractivity contribution in [2.75, 3.05) is 7.05 Å². The SMILES string of the molecule is CCCC(N)C(=O)N(C)C(C)c1sc(C)nc1C. The average molecular weight is 269 g/mol. The normalized spacial score (nSPS) is 14.3. The fraction of sp³-hybridized carbons (Fsp3) is 0.692. The van der Waals surface area contributed by atoms with E-state index in [0.29, 0.717) is 0 Å². The molecule has 1 rings (SSSR count). The molecule has 1 heterocycles. The quantitative estimate of drug-likeness (QED) is 0.893. The minimum Gasteiger partial charge on any atom is -0.337 e. The summed E-state index contributed by atoms with van der Waals surface area (Å²) in [6, 6.07) is -0.358. The standard InChI is InChI=1S/C13H23N3OS/c1-6-7-11(14)13(17)16(5)9(3)12-8(2)15-10(4)18-12/h9,11H,6-7,14H2,1-5H3. The van der Waals surface area contributed by atoms with Crippen molar-refractivity contribution in [2.24, 2.45) is 5.73 Å². The lowest BCUT2D eigenvalue weighted by Gasteiger charge is -2.27. The number of thiazole rings is 1. The van der Waals surface area contributed by atoms with Crippen molar-refractivity contribution in [3.63, 3.8) is 0 Å². The molecule has 0 aliphatic carbocycles. The second-order valence-corrected chi connectivity index (χ2v) is 5.94. The van der Waals surface area contributed by atoms with E-state index < -0.39 is 6.04 Å². The first kappa shape index (κ1) is 15.1. The van der Waals surface area contributed by atoms with E-state index in [0.717, 1.165) is 28.4 Å². The Balaban J connectivity index is 2.80. The molecule has 1 aromatic rings. The maximum atomic E-state index is 12.2. The van der Waals surface area contributed by atoms with Crippen molar-refractivity contribution in [3.8, 4) is 0 Å². The Morgan fingerprint density at radius 1 is 1.50 bits per heavy atom. The third-order valence-corrected chi connectivity index (χ3v) is 4.41. The fourth-order valence-electron chi connectivity index (χ4n) is 2.00. The second-order valence-electron chi connectivity index (χ2n) is 4.70. The highest BCUT2D eigenvalue weighted by Gasteiger charge is 2.24. The summed E-state index contributed by atoms with van der Waals surface area (Å²) in [6.45, 7) is 8.03. The molecular weight excluding hydrogens is 246 g/mol. The summed E-state index contributed by atoms with van der Waals surface area (Å²) in [6.07, 6.45) is 1.66. The van der Waals surface area contributed by atoms with Gasteiger partial charge in [-0.3, -0.25) is 4.79 Å². The van der Waals surface area contributed by atoms with Crippen LogP contribution in [-0.4, -0.2) is 28.9 Å². The lowest BCUT2D eigenvalue weighted by atomic mass is 10.1. The Labute approximate surface area is 113 Å². The van der Waals surface area contributed by atoms with Gasteiger partial charge in [-0.05, 0) is 27.2 Å². The smallest absolute Gasteiger partial charge is 0.239 e. The average Bonchev–Trinajstić information content (AvgIpc) is 2.66. The van der Waals surface area contributed by atoms with Crippen LogP contribution in [0.1, 0.15) is 48.3 Å². The number of nitrogens with zero attached hydrogens (tertiary/aromatic N) is 2. The van der Waals surface area contributed by atoms with Crippen molar-refractivity contribution >= 4 is 17.2 Å². The molecule has 2 atom stereocenters. The van der Waals surface area contributed by atoms with E-state index in [1.54, 1.807) is 16.2 Å². The van der Waals surface area contributed by atoms with Crippen LogP contribution >= 0.6 is 11.3 Å². The van der Waals surface area contributed by atoms with Crippen LogP contribution in [0, 0.1) is 13.8 Å². The summed E-state index contributed by atoms with van der Waals surface area (Å²) in [7, 11) is 1.82. The Morgan fingerprint density at radius 2 is 2.11 bits per heavy atom. The highest BCUT2D eigenvalue weighted by molar-refractivity contribution is 7.11. The minimum atomic E-state index is -0.392. The summed E-state index contributed by atoms with van der Waals surface area (Å²) in [5.74, 6) is 0.00908. The number of aryl methyl sites for hydroxylation is 2. The highest BCUT2D eigenvalue weighted by Crippen LogP contribution is 2.28. The number of hydrogen-bond acceptors (Lipinski definition) is 4. The first-order valence-electron chi connectivity index (χ1n) is 6.34. The van der Waals surface area contributed by atoms with E-state index >= 15 is 0 Å². The van der Waals surface area contributed by atoms with Crippen molar-refractivity contribution in [1.82, 2.24) is 9.88 Å². The minimum absolute atomic E-state index is 0.00908. The molecule has 4 nitrogen and oxygen atoms in total. The van der Waals surface area contributed by atoms with Crippen molar-refractivity contribution in [1.29, 1.82) is 0 Å². The molecule has 0 aromatic carbocycles. The second kappa shape index (κ2) is 6.29. The van der Waals surface area contributed by atoms with Gasteiger partial charge in [-0.2, -0.15) is 0 Å². The van der Waals surface area contributed by atoms with Crippen LogP contribution in [0.15, 0.2) is 0 Å². The third kappa shape index (κ3) is 3.29. The van der Waals surface area contributed by atoms with Gasteiger partial charge in [0.05, 0.1) is 22.8 Å². The Kier molecular flexibility index (Phi) is 5.28. The molecule has 0 radical (unpaired) electrons. The first-order valence-corrected chi connectivity index (χ1v) is 7.16. The van der Waals surface area contributed by atoms with Gasteiger partial charge in [0.25, 0.3) is 0 Å². The van der Waals surface area contributed by atoms with Crippen LogP contribution in [0.25, 0.3) is 0 Å². The van der Waals surface area contributed by atoms with Crippen molar-refractivity contribution in [2.45, 2.75) is 52.6 Å². The third-order valence-electron chi connectivity index (χ3n) is 3.16. The number of amides is 1. The van der Waals surface area contributed by atoms with Crippen molar-refractivity contribution in [3.05, 3.63) is 15.6 Å². The molecule has 18 heavy (non-hydrogen) atoms. The van der Waals surface area contributed by atoms with Crippen LogP contribution in [-0.2, 0) is 4.79 Å². The van der Waals surface area contributed by atoms with Crippen LogP contribution in [0.5, 0.6) is 0 Å². The molecule has 1 aromatic heterocycles. The van der Waals surface area contributed by atoms with Crippen LogP contribution < -0.4 is 5.73 Å². The molecule has 2 unspecified atom stereocenters. The van der Waals surface area contributed by atoms with Crippen LogP contribution in [0.4, 0.5) is 0 Å². The number of hydrogen-bond donors (Lipinski definition) is 1. The highest BCUT2D eigenvalue weighted by atomic mass is 32.1. The maximum Gasteiger partial charge on any atom is 0.239 e. The number of rotatable bonds is 5. The van der Waals surface area contributed by atoms with Gasteiger partial charge in [0.15, 0.2) is 0 Å². The van der Waals surface area contributed by atoms with Crippen molar-refractivity contribution < 1.29 is 4.79 Å². The van der Waals surface area contributed by atoms with Gasteiger partial charge < -0.3 is 10.6 Å².